The Balaban J connectivity index is 1.44. The van der Waals surface area contributed by atoms with E-state index >= 15 is 0 Å². The monoisotopic (exact) mass is 728 g/mol. The molecule has 2 aliphatic heterocycles. The normalized spacial score (nSPS) is 21.0. The molecular weight excluding hydrogens is 677 g/mol. The second kappa shape index (κ2) is 18.2. The molecule has 0 spiro atoms. The molecule has 5 atom stereocenters. The molecule has 12 heteroatoms. The lowest BCUT2D eigenvalue weighted by Gasteiger charge is -2.43. The van der Waals surface area contributed by atoms with Crippen molar-refractivity contribution in [1.82, 2.24) is 4.31 Å². The van der Waals surface area contributed by atoms with E-state index in [0.717, 1.165) is 53.2 Å². The van der Waals surface area contributed by atoms with Crippen molar-refractivity contribution in [2.24, 2.45) is 0 Å². The summed E-state index contributed by atoms with van der Waals surface area (Å²) in [6, 6.07) is 21.1. The lowest BCUT2D eigenvalue weighted by molar-refractivity contribution is -0.0916. The Morgan fingerprint density at radius 2 is 1.64 bits per heavy atom. The average molecular weight is 729 g/mol. The van der Waals surface area contributed by atoms with Gasteiger partial charge in [-0.2, -0.15) is 16.9 Å². The van der Waals surface area contributed by atoms with Crippen LogP contribution in [0, 0.1) is 6.92 Å². The largest absolute Gasteiger partial charge is 0.490 e. The number of ether oxygens (including phenoxy) is 5. The number of aliphatic hydroxyl groups excluding tert-OH is 1. The molecule has 1 unspecified atom stereocenters. The number of hydrogen-bond acceptors (Lipinski definition) is 10. The molecule has 0 bridgehead atoms. The molecule has 0 amide bonds. The van der Waals surface area contributed by atoms with Gasteiger partial charge in [0.05, 0.1) is 61.9 Å². The molecule has 1 saturated heterocycles. The summed E-state index contributed by atoms with van der Waals surface area (Å²) in [7, 11) is -2.16. The Hall–Kier alpha value is -2.68. The quantitative estimate of drug-likeness (QED) is 0.143. The van der Waals surface area contributed by atoms with E-state index in [0.29, 0.717) is 26.4 Å². The molecular formula is C38H52N2O8S2. The van der Waals surface area contributed by atoms with Crippen LogP contribution in [0.15, 0.2) is 71.6 Å². The van der Waals surface area contributed by atoms with Crippen molar-refractivity contribution in [3.05, 3.63) is 89.0 Å². The number of aryl methyl sites for hydroxylation is 1. The van der Waals surface area contributed by atoms with E-state index in [1.54, 1.807) is 38.3 Å². The summed E-state index contributed by atoms with van der Waals surface area (Å²) in [5.41, 5.74) is 4.93. The minimum atomic E-state index is -3.87. The standard InChI is InChI=1S/C38H52N2O8S2/c1-27-6-13-33(14-7-27)50(42,43)40-21-36(47-23-28(2)41)38(32-11-8-30(9-12-32)25-45-24-29(3)49)37(22-40)48-26-31-10-15-35-34(20-31)39(17-19-46-35)16-5-18-44-4/h6-15,20,28-29,36-38,41,49H,5,16-19,21-26H2,1-4H3/t28-,29?,36-,37+,38+/m1/s1. The van der Waals surface area contributed by atoms with Crippen molar-refractivity contribution < 1.29 is 37.2 Å². The van der Waals surface area contributed by atoms with Gasteiger partial charge in [0.25, 0.3) is 0 Å². The fraction of sp³-hybridized carbons (Fsp3) is 0.526. The van der Waals surface area contributed by atoms with Crippen LogP contribution in [0.3, 0.4) is 0 Å². The van der Waals surface area contributed by atoms with Crippen molar-refractivity contribution in [1.29, 1.82) is 0 Å². The van der Waals surface area contributed by atoms with Crippen LogP contribution in [0.1, 0.15) is 48.4 Å². The first-order valence-corrected chi connectivity index (χ1v) is 19.3. The van der Waals surface area contributed by atoms with E-state index in [1.165, 1.54) is 4.31 Å². The Bertz CT molecular complexity index is 1600. The molecule has 0 saturated carbocycles. The summed E-state index contributed by atoms with van der Waals surface area (Å²) >= 11 is 4.40. The summed E-state index contributed by atoms with van der Waals surface area (Å²) in [6.07, 6.45) is -0.958. The van der Waals surface area contributed by atoms with Crippen LogP contribution in [-0.2, 0) is 42.2 Å². The van der Waals surface area contributed by atoms with Gasteiger partial charge in [-0.05, 0) is 61.2 Å². The highest BCUT2D eigenvalue weighted by Crippen LogP contribution is 2.37. The fourth-order valence-electron chi connectivity index (χ4n) is 6.43. The predicted molar refractivity (Wildman–Crippen MR) is 198 cm³/mol. The lowest BCUT2D eigenvalue weighted by atomic mass is 9.85. The molecule has 0 radical (unpaired) electrons. The Morgan fingerprint density at radius 1 is 0.940 bits per heavy atom. The third-order valence-electron chi connectivity index (χ3n) is 8.99. The highest BCUT2D eigenvalue weighted by atomic mass is 32.2. The third-order valence-corrected chi connectivity index (χ3v) is 11.0. The van der Waals surface area contributed by atoms with E-state index in [1.807, 2.05) is 50.2 Å². The number of piperidine rings is 1. The number of anilines is 1. The van der Waals surface area contributed by atoms with E-state index in [-0.39, 0.29) is 42.4 Å². The highest BCUT2D eigenvalue weighted by Gasteiger charge is 2.43. The second-order valence-corrected chi connectivity index (χ2v) is 16.1. The minimum Gasteiger partial charge on any atom is -0.490 e. The van der Waals surface area contributed by atoms with Crippen molar-refractivity contribution >= 4 is 28.3 Å². The van der Waals surface area contributed by atoms with Crippen molar-refractivity contribution in [3.8, 4) is 5.75 Å². The van der Waals surface area contributed by atoms with Gasteiger partial charge in [-0.25, -0.2) is 8.42 Å². The third kappa shape index (κ3) is 10.2. The zero-order valence-electron chi connectivity index (χ0n) is 29.6. The van der Waals surface area contributed by atoms with E-state index in [2.05, 4.69) is 23.6 Å². The molecule has 5 rings (SSSR count). The fourth-order valence-corrected chi connectivity index (χ4v) is 8.00. The molecule has 3 aromatic carbocycles. The van der Waals surface area contributed by atoms with Crippen LogP contribution in [-0.4, -0.2) is 101 Å². The number of sulfonamides is 1. The number of rotatable bonds is 17. The van der Waals surface area contributed by atoms with Gasteiger partial charge in [-0.3, -0.25) is 0 Å². The maximum absolute atomic E-state index is 14.1. The summed E-state index contributed by atoms with van der Waals surface area (Å²) < 4.78 is 59.7. The molecule has 10 nitrogen and oxygen atoms in total. The molecule has 2 aliphatic rings. The molecule has 0 aromatic heterocycles. The first kappa shape index (κ1) is 38.5. The molecule has 274 valence electrons. The zero-order valence-corrected chi connectivity index (χ0v) is 31.3. The van der Waals surface area contributed by atoms with Crippen LogP contribution < -0.4 is 9.64 Å². The van der Waals surface area contributed by atoms with Gasteiger partial charge < -0.3 is 33.7 Å². The van der Waals surface area contributed by atoms with Crippen LogP contribution >= 0.6 is 12.6 Å². The smallest absolute Gasteiger partial charge is 0.243 e. The van der Waals surface area contributed by atoms with Crippen LogP contribution in [0.4, 0.5) is 5.69 Å². The SMILES string of the molecule is COCCCN1CCOc2ccc(CO[C@H]3CN(S(=O)(=O)c4ccc(C)cc4)C[C@@H](OC[C@@H](C)O)[C@@H]3c3ccc(COCC(C)S)cc3)cc21. The maximum Gasteiger partial charge on any atom is 0.243 e. The number of thiol groups is 1. The van der Waals surface area contributed by atoms with Gasteiger partial charge in [-0.1, -0.05) is 55.0 Å². The minimum absolute atomic E-state index is 0.0594. The number of nitrogens with zero attached hydrogens (tertiary/aromatic N) is 2. The van der Waals surface area contributed by atoms with Gasteiger partial charge in [0.1, 0.15) is 12.4 Å². The highest BCUT2D eigenvalue weighted by molar-refractivity contribution is 7.89. The second-order valence-electron chi connectivity index (χ2n) is 13.3. The van der Waals surface area contributed by atoms with Crippen LogP contribution in [0.25, 0.3) is 0 Å². The summed E-state index contributed by atoms with van der Waals surface area (Å²) in [5, 5.41) is 10.3. The molecule has 1 fully saturated rings. The van der Waals surface area contributed by atoms with Gasteiger partial charge in [0.15, 0.2) is 0 Å². The van der Waals surface area contributed by atoms with Crippen molar-refractivity contribution in [2.45, 2.75) is 74.8 Å². The van der Waals surface area contributed by atoms with Crippen molar-refractivity contribution in [3.63, 3.8) is 0 Å². The number of benzene rings is 3. The topological polar surface area (TPSA) is 107 Å². The first-order chi connectivity index (χ1) is 24.0. The number of aliphatic hydroxyl groups is 1. The predicted octanol–water partition coefficient (Wildman–Crippen LogP) is 5.20. The molecule has 1 N–H and O–H groups in total. The first-order valence-electron chi connectivity index (χ1n) is 17.4. The molecule has 0 aliphatic carbocycles. The van der Waals surface area contributed by atoms with Crippen LogP contribution in [0.5, 0.6) is 5.75 Å². The lowest BCUT2D eigenvalue weighted by Crippen LogP contribution is -2.54. The van der Waals surface area contributed by atoms with Gasteiger partial charge in [0.2, 0.25) is 10.0 Å². The molecule has 50 heavy (non-hydrogen) atoms. The van der Waals surface area contributed by atoms with Gasteiger partial charge >= 0.3 is 0 Å². The Labute approximate surface area is 303 Å². The zero-order chi connectivity index (χ0) is 35.7. The van der Waals surface area contributed by atoms with Gasteiger partial charge in [0, 0.05) is 44.5 Å². The van der Waals surface area contributed by atoms with Crippen LogP contribution in [0.2, 0.25) is 0 Å². The summed E-state index contributed by atoms with van der Waals surface area (Å²) in [4.78, 5) is 2.53. The number of hydrogen-bond donors (Lipinski definition) is 2. The number of methoxy groups -OCH3 is 1. The van der Waals surface area contributed by atoms with E-state index < -0.39 is 28.3 Å². The van der Waals surface area contributed by atoms with E-state index in [9.17, 15) is 13.5 Å². The summed E-state index contributed by atoms with van der Waals surface area (Å²) in [6.45, 7) is 10.1. The maximum atomic E-state index is 14.1. The molecule has 3 aromatic rings. The van der Waals surface area contributed by atoms with Crippen molar-refractivity contribution in [2.75, 3.05) is 64.6 Å². The van der Waals surface area contributed by atoms with Gasteiger partial charge in [-0.15, -0.1) is 0 Å². The average Bonchev–Trinajstić information content (AvgIpc) is 3.10. The Kier molecular flexibility index (Phi) is 14.0. The Morgan fingerprint density at radius 3 is 2.32 bits per heavy atom. The molecule has 2 heterocycles. The number of fused-ring (bicyclic) bond motifs is 1. The summed E-state index contributed by atoms with van der Waals surface area (Å²) in [5.74, 6) is 0.528. The van der Waals surface area contributed by atoms with E-state index in [4.69, 9.17) is 23.7 Å².